The molecular formula is C13H15BrN2O4. The Morgan fingerprint density at radius 2 is 2.25 bits per heavy atom. The smallest absolute Gasteiger partial charge is 0.271 e. The van der Waals surface area contributed by atoms with Crippen molar-refractivity contribution in [3.05, 3.63) is 38.3 Å². The summed E-state index contributed by atoms with van der Waals surface area (Å²) in [6, 6.07) is 4.23. The molecule has 1 aromatic carbocycles. The number of aliphatic hydroxyl groups is 1. The molecule has 0 saturated carbocycles. The summed E-state index contributed by atoms with van der Waals surface area (Å²) in [4.78, 5) is 24.3. The highest BCUT2D eigenvalue weighted by Crippen LogP contribution is 2.24. The Kier molecular flexibility index (Phi) is 4.72. The maximum absolute atomic E-state index is 12.4. The first-order valence-corrected chi connectivity index (χ1v) is 7.15. The van der Waals surface area contributed by atoms with Gasteiger partial charge in [0.05, 0.1) is 4.92 Å². The van der Waals surface area contributed by atoms with Crippen LogP contribution in [0.2, 0.25) is 0 Å². The van der Waals surface area contributed by atoms with Crippen LogP contribution in [0.4, 0.5) is 5.69 Å². The van der Waals surface area contributed by atoms with Crippen LogP contribution in [0.15, 0.2) is 22.7 Å². The summed E-state index contributed by atoms with van der Waals surface area (Å²) in [5.41, 5.74) is 0.183. The van der Waals surface area contributed by atoms with Crippen molar-refractivity contribution in [3.63, 3.8) is 0 Å². The molecule has 1 aliphatic heterocycles. The van der Waals surface area contributed by atoms with E-state index in [4.69, 9.17) is 0 Å². The number of amides is 1. The van der Waals surface area contributed by atoms with Crippen LogP contribution in [0.3, 0.4) is 0 Å². The van der Waals surface area contributed by atoms with Gasteiger partial charge in [-0.1, -0.05) is 15.9 Å². The number of nitrogens with zero attached hydrogens (tertiary/aromatic N) is 2. The molecule has 6 nitrogen and oxygen atoms in total. The number of non-ortho nitro benzene ring substituents is 1. The summed E-state index contributed by atoms with van der Waals surface area (Å²) in [5, 5.41) is 20.0. The second-order valence-electron chi connectivity index (χ2n) is 4.90. The molecule has 108 valence electrons. The third kappa shape index (κ3) is 3.34. The molecule has 0 radical (unpaired) electrons. The molecule has 1 atom stereocenters. The number of rotatable bonds is 3. The number of hydrogen-bond donors (Lipinski definition) is 1. The van der Waals surface area contributed by atoms with Crippen molar-refractivity contribution >= 4 is 27.5 Å². The van der Waals surface area contributed by atoms with Gasteiger partial charge >= 0.3 is 0 Å². The van der Waals surface area contributed by atoms with Crippen LogP contribution in [0.1, 0.15) is 23.2 Å². The molecule has 1 heterocycles. The Balaban J connectivity index is 2.22. The van der Waals surface area contributed by atoms with Crippen LogP contribution >= 0.6 is 15.9 Å². The lowest BCUT2D eigenvalue weighted by Gasteiger charge is -2.31. The van der Waals surface area contributed by atoms with Crippen molar-refractivity contribution < 1.29 is 14.8 Å². The molecule has 1 fully saturated rings. The van der Waals surface area contributed by atoms with Gasteiger partial charge in [-0.25, -0.2) is 0 Å². The molecule has 2 rings (SSSR count). The van der Waals surface area contributed by atoms with E-state index in [9.17, 15) is 20.0 Å². The van der Waals surface area contributed by atoms with E-state index >= 15 is 0 Å². The first-order valence-electron chi connectivity index (χ1n) is 6.36. The minimum Gasteiger partial charge on any atom is -0.396 e. The number of benzene rings is 1. The molecule has 0 bridgehead atoms. The zero-order chi connectivity index (χ0) is 14.7. The second-order valence-corrected chi connectivity index (χ2v) is 5.81. The third-order valence-corrected chi connectivity index (χ3v) is 3.86. The maximum atomic E-state index is 12.4. The first kappa shape index (κ1) is 14.9. The Bertz CT molecular complexity index is 535. The predicted molar refractivity (Wildman–Crippen MR) is 76.5 cm³/mol. The summed E-state index contributed by atoms with van der Waals surface area (Å²) in [6.45, 7) is 1.17. The number of halogens is 1. The van der Waals surface area contributed by atoms with Gasteiger partial charge in [0.15, 0.2) is 0 Å². The fraction of sp³-hybridized carbons (Fsp3) is 0.462. The molecule has 1 aliphatic rings. The molecule has 1 amide bonds. The number of likely N-dealkylation sites (tertiary alicyclic amines) is 1. The van der Waals surface area contributed by atoms with Crippen molar-refractivity contribution in [2.45, 2.75) is 12.8 Å². The van der Waals surface area contributed by atoms with Crippen LogP contribution < -0.4 is 0 Å². The molecule has 0 aliphatic carbocycles. The number of carbonyl (C=O) groups excluding carboxylic acids is 1. The average Bonchev–Trinajstić information content (AvgIpc) is 2.45. The fourth-order valence-corrected chi connectivity index (χ4v) is 2.87. The lowest BCUT2D eigenvalue weighted by atomic mass is 9.98. The van der Waals surface area contributed by atoms with Crippen LogP contribution in [0.5, 0.6) is 0 Å². The molecule has 1 N–H and O–H groups in total. The van der Waals surface area contributed by atoms with E-state index in [1.165, 1.54) is 12.1 Å². The third-order valence-electron chi connectivity index (χ3n) is 3.40. The van der Waals surface area contributed by atoms with Crippen molar-refractivity contribution in [2.24, 2.45) is 5.92 Å². The number of piperidine rings is 1. The first-order chi connectivity index (χ1) is 9.51. The highest BCUT2D eigenvalue weighted by Gasteiger charge is 2.25. The van der Waals surface area contributed by atoms with Gasteiger partial charge in [-0.3, -0.25) is 14.9 Å². The predicted octanol–water partition coefficient (Wildman–Crippen LogP) is 2.20. The van der Waals surface area contributed by atoms with E-state index in [-0.39, 0.29) is 24.1 Å². The van der Waals surface area contributed by atoms with Gasteiger partial charge in [-0.2, -0.15) is 0 Å². The van der Waals surface area contributed by atoms with Crippen molar-refractivity contribution in [2.75, 3.05) is 19.7 Å². The SMILES string of the molecule is O=C(c1cc(Br)cc([N+](=O)[O-])c1)N1CCCC(CO)C1. The summed E-state index contributed by atoms with van der Waals surface area (Å²) >= 11 is 3.18. The summed E-state index contributed by atoms with van der Waals surface area (Å²) in [6.07, 6.45) is 1.74. The summed E-state index contributed by atoms with van der Waals surface area (Å²) in [7, 11) is 0. The van der Waals surface area contributed by atoms with Crippen molar-refractivity contribution in [1.29, 1.82) is 0 Å². The molecule has 0 spiro atoms. The van der Waals surface area contributed by atoms with Gasteiger partial charge in [-0.05, 0) is 24.8 Å². The van der Waals surface area contributed by atoms with E-state index in [2.05, 4.69) is 15.9 Å². The number of hydrogen-bond acceptors (Lipinski definition) is 4. The highest BCUT2D eigenvalue weighted by molar-refractivity contribution is 9.10. The maximum Gasteiger partial charge on any atom is 0.271 e. The standard InChI is InChI=1S/C13H15BrN2O4/c14-11-4-10(5-12(6-11)16(19)20)13(18)15-3-1-2-9(7-15)8-17/h4-6,9,17H,1-3,7-8H2. The molecule has 1 saturated heterocycles. The van der Waals surface area contributed by atoms with E-state index in [1.807, 2.05) is 0 Å². The Hall–Kier alpha value is -1.47. The number of aliphatic hydroxyl groups excluding tert-OH is 1. The van der Waals surface area contributed by atoms with E-state index in [0.29, 0.717) is 23.1 Å². The monoisotopic (exact) mass is 342 g/mol. The Morgan fingerprint density at radius 1 is 1.50 bits per heavy atom. The number of nitro groups is 1. The lowest BCUT2D eigenvalue weighted by Crippen LogP contribution is -2.40. The van der Waals surface area contributed by atoms with Gasteiger partial charge in [0.1, 0.15) is 0 Å². The van der Waals surface area contributed by atoms with Crippen molar-refractivity contribution in [1.82, 2.24) is 4.90 Å². The molecule has 1 unspecified atom stereocenters. The minimum atomic E-state index is -0.520. The van der Waals surface area contributed by atoms with Crippen LogP contribution in [0, 0.1) is 16.0 Å². The van der Waals surface area contributed by atoms with Crippen LogP contribution in [-0.4, -0.2) is 40.5 Å². The lowest BCUT2D eigenvalue weighted by molar-refractivity contribution is -0.385. The zero-order valence-electron chi connectivity index (χ0n) is 10.8. The highest BCUT2D eigenvalue weighted by atomic mass is 79.9. The molecular weight excluding hydrogens is 328 g/mol. The van der Waals surface area contributed by atoms with Gasteiger partial charge in [0.2, 0.25) is 0 Å². The Morgan fingerprint density at radius 3 is 2.90 bits per heavy atom. The summed E-state index contributed by atoms with van der Waals surface area (Å²) < 4.78 is 0.505. The number of carbonyl (C=O) groups is 1. The zero-order valence-corrected chi connectivity index (χ0v) is 12.4. The van der Waals surface area contributed by atoms with Crippen LogP contribution in [0.25, 0.3) is 0 Å². The molecule has 7 heteroatoms. The second kappa shape index (κ2) is 6.32. The topological polar surface area (TPSA) is 83.7 Å². The Labute approximate surface area is 124 Å². The molecule has 0 aromatic heterocycles. The van der Waals surface area contributed by atoms with Gasteiger partial charge in [0, 0.05) is 41.9 Å². The summed E-state index contributed by atoms with van der Waals surface area (Å²) in [5.74, 6) is -0.137. The quantitative estimate of drug-likeness (QED) is 0.674. The van der Waals surface area contributed by atoms with E-state index in [1.54, 1.807) is 11.0 Å². The largest absolute Gasteiger partial charge is 0.396 e. The molecule has 1 aromatic rings. The van der Waals surface area contributed by atoms with Gasteiger partial charge in [-0.15, -0.1) is 0 Å². The average molecular weight is 343 g/mol. The number of nitro benzene ring substituents is 1. The fourth-order valence-electron chi connectivity index (χ4n) is 2.38. The normalized spacial score (nSPS) is 18.9. The minimum absolute atomic E-state index is 0.0579. The van der Waals surface area contributed by atoms with Crippen LogP contribution in [-0.2, 0) is 0 Å². The van der Waals surface area contributed by atoms with Gasteiger partial charge < -0.3 is 10.0 Å². The van der Waals surface area contributed by atoms with E-state index in [0.717, 1.165) is 12.8 Å². The van der Waals surface area contributed by atoms with Crippen molar-refractivity contribution in [3.8, 4) is 0 Å². The van der Waals surface area contributed by atoms with E-state index < -0.39 is 4.92 Å². The molecule has 20 heavy (non-hydrogen) atoms. The van der Waals surface area contributed by atoms with Gasteiger partial charge in [0.25, 0.3) is 11.6 Å².